The average molecular weight is 403 g/mol. The lowest BCUT2D eigenvalue weighted by molar-refractivity contribution is -0.274. The molecule has 1 amide bonds. The minimum Gasteiger partial charge on any atom is -0.406 e. The number of piperazine rings is 1. The topological polar surface area (TPSA) is 78.5 Å². The third-order valence-electron chi connectivity index (χ3n) is 3.95. The van der Waals surface area contributed by atoms with Gasteiger partial charge in [0.1, 0.15) is 11.4 Å². The molecule has 27 heavy (non-hydrogen) atoms. The first kappa shape index (κ1) is 19.0. The summed E-state index contributed by atoms with van der Waals surface area (Å²) in [5.41, 5.74) is 0.364. The van der Waals surface area contributed by atoms with E-state index in [2.05, 4.69) is 14.9 Å². The van der Waals surface area contributed by atoms with Crippen LogP contribution in [0.5, 0.6) is 5.75 Å². The number of hydrogen-bond acceptors (Lipinski definition) is 5. The van der Waals surface area contributed by atoms with Crippen molar-refractivity contribution in [2.75, 3.05) is 24.5 Å². The van der Waals surface area contributed by atoms with Gasteiger partial charge in [0, 0.05) is 19.6 Å². The van der Waals surface area contributed by atoms with Crippen molar-refractivity contribution in [2.24, 2.45) is 0 Å². The molecule has 1 aliphatic rings. The summed E-state index contributed by atoms with van der Waals surface area (Å²) in [5.74, 6) is -0.557. The molecule has 1 saturated heterocycles. The molecule has 0 saturated carbocycles. The van der Waals surface area contributed by atoms with Crippen LogP contribution in [0.3, 0.4) is 0 Å². The van der Waals surface area contributed by atoms with E-state index in [1.54, 1.807) is 9.80 Å². The summed E-state index contributed by atoms with van der Waals surface area (Å²) in [4.78, 5) is 27.4. The van der Waals surface area contributed by atoms with Crippen molar-refractivity contribution in [2.45, 2.75) is 12.9 Å². The number of aromatic amines is 1. The van der Waals surface area contributed by atoms with Gasteiger partial charge in [-0.25, -0.2) is 5.10 Å². The summed E-state index contributed by atoms with van der Waals surface area (Å²) in [6, 6.07) is 5.32. The number of aromatic nitrogens is 2. The van der Waals surface area contributed by atoms with Gasteiger partial charge in [0.25, 0.3) is 5.56 Å². The molecule has 11 heteroatoms. The zero-order chi connectivity index (χ0) is 19.6. The van der Waals surface area contributed by atoms with Crippen molar-refractivity contribution in [3.05, 3.63) is 51.4 Å². The Bertz CT molecular complexity index is 886. The highest BCUT2D eigenvalue weighted by atomic mass is 35.5. The fourth-order valence-corrected chi connectivity index (χ4v) is 3.00. The summed E-state index contributed by atoms with van der Waals surface area (Å²) < 4.78 is 40.4. The number of amides is 1. The fraction of sp³-hybridized carbons (Fsp3) is 0.312. The lowest BCUT2D eigenvalue weighted by Crippen LogP contribution is -2.51. The number of hydrogen-bond donors (Lipinski definition) is 1. The normalized spacial score (nSPS) is 15.2. The molecule has 0 aliphatic carbocycles. The van der Waals surface area contributed by atoms with Crippen molar-refractivity contribution >= 4 is 23.2 Å². The van der Waals surface area contributed by atoms with Gasteiger partial charge in [-0.2, -0.15) is 5.10 Å². The molecule has 2 aromatic rings. The van der Waals surface area contributed by atoms with Crippen LogP contribution in [0.4, 0.5) is 18.9 Å². The number of rotatable bonds is 4. The van der Waals surface area contributed by atoms with Crippen LogP contribution in [-0.2, 0) is 11.3 Å². The van der Waals surface area contributed by atoms with Crippen molar-refractivity contribution in [3.8, 4) is 5.75 Å². The summed E-state index contributed by atoms with van der Waals surface area (Å²) in [5, 5.41) is 6.02. The molecule has 1 N–H and O–H groups in total. The van der Waals surface area contributed by atoms with Crippen LogP contribution in [-0.4, -0.2) is 47.0 Å². The highest BCUT2D eigenvalue weighted by Crippen LogP contribution is 2.24. The number of nitrogens with one attached hydrogen (secondary N) is 1. The van der Waals surface area contributed by atoms with Gasteiger partial charge in [0.05, 0.1) is 17.8 Å². The average Bonchev–Trinajstić information content (AvgIpc) is 2.57. The molecule has 0 radical (unpaired) electrons. The van der Waals surface area contributed by atoms with Crippen molar-refractivity contribution < 1.29 is 22.7 Å². The predicted molar refractivity (Wildman–Crippen MR) is 90.6 cm³/mol. The second-order valence-corrected chi connectivity index (χ2v) is 6.23. The zero-order valence-electron chi connectivity index (χ0n) is 13.8. The summed E-state index contributed by atoms with van der Waals surface area (Å²) in [6.45, 7) is 0.910. The van der Waals surface area contributed by atoms with Crippen LogP contribution in [0.2, 0.25) is 5.02 Å². The maximum absolute atomic E-state index is 12.4. The van der Waals surface area contributed by atoms with Gasteiger partial charge in [0.2, 0.25) is 5.91 Å². The lowest BCUT2D eigenvalue weighted by atomic mass is 10.2. The quantitative estimate of drug-likeness (QED) is 0.848. The van der Waals surface area contributed by atoms with Crippen LogP contribution < -0.4 is 15.2 Å². The smallest absolute Gasteiger partial charge is 0.406 e. The molecule has 0 atom stereocenters. The molecule has 144 valence electrons. The number of halogens is 4. The minimum atomic E-state index is -4.75. The Balaban J connectivity index is 1.64. The minimum absolute atomic E-state index is 0.0396. The molecule has 0 spiro atoms. The van der Waals surface area contributed by atoms with E-state index in [4.69, 9.17) is 11.6 Å². The maximum atomic E-state index is 12.4. The highest BCUT2D eigenvalue weighted by Gasteiger charge is 2.31. The molecule has 1 aliphatic heterocycles. The van der Waals surface area contributed by atoms with Crippen molar-refractivity contribution in [1.29, 1.82) is 0 Å². The molecule has 7 nitrogen and oxygen atoms in total. The van der Waals surface area contributed by atoms with E-state index in [-0.39, 0.29) is 35.5 Å². The van der Waals surface area contributed by atoms with Crippen molar-refractivity contribution in [1.82, 2.24) is 15.1 Å². The number of anilines is 1. The first-order chi connectivity index (χ1) is 12.7. The summed E-state index contributed by atoms with van der Waals surface area (Å²) in [7, 11) is 0. The second kappa shape index (κ2) is 7.47. The van der Waals surface area contributed by atoms with E-state index >= 15 is 0 Å². The first-order valence-electron chi connectivity index (χ1n) is 7.83. The van der Waals surface area contributed by atoms with Gasteiger partial charge >= 0.3 is 6.36 Å². The number of H-pyrrole nitrogens is 1. The van der Waals surface area contributed by atoms with E-state index in [1.165, 1.54) is 30.5 Å². The first-order valence-corrected chi connectivity index (χ1v) is 8.21. The number of carbonyl (C=O) groups excluding carboxylic acids is 1. The van der Waals surface area contributed by atoms with Gasteiger partial charge < -0.3 is 14.5 Å². The van der Waals surface area contributed by atoms with E-state index in [0.29, 0.717) is 18.7 Å². The molecule has 1 fully saturated rings. The Morgan fingerprint density at radius 3 is 2.48 bits per heavy atom. The predicted octanol–water partition coefficient (Wildman–Crippen LogP) is 2.17. The van der Waals surface area contributed by atoms with E-state index in [9.17, 15) is 22.8 Å². The number of alkyl halides is 3. The molecule has 3 rings (SSSR count). The molecular formula is C16H14ClF3N4O3. The van der Waals surface area contributed by atoms with Gasteiger partial charge in [0.15, 0.2) is 0 Å². The molecule has 0 bridgehead atoms. The van der Waals surface area contributed by atoms with Gasteiger partial charge in [-0.15, -0.1) is 13.2 Å². The Labute approximate surface area is 156 Å². The SMILES string of the molecule is O=C1CN(c2c(Cl)cn[nH]c2=O)CCN1Cc1ccc(OC(F)(F)F)cc1. The monoisotopic (exact) mass is 402 g/mol. The molecule has 0 unspecified atom stereocenters. The van der Waals surface area contributed by atoms with Gasteiger partial charge in [-0.05, 0) is 17.7 Å². The summed E-state index contributed by atoms with van der Waals surface area (Å²) >= 11 is 6.00. The van der Waals surface area contributed by atoms with Crippen LogP contribution in [0, 0.1) is 0 Å². The third kappa shape index (κ3) is 4.70. The van der Waals surface area contributed by atoms with E-state index < -0.39 is 11.9 Å². The molecular weight excluding hydrogens is 389 g/mol. The Morgan fingerprint density at radius 2 is 1.89 bits per heavy atom. The van der Waals surface area contributed by atoms with Crippen LogP contribution >= 0.6 is 11.6 Å². The van der Waals surface area contributed by atoms with Gasteiger partial charge in [-0.3, -0.25) is 9.59 Å². The fourth-order valence-electron chi connectivity index (χ4n) is 2.75. The number of carbonyl (C=O) groups is 1. The largest absolute Gasteiger partial charge is 0.573 e. The van der Waals surface area contributed by atoms with Crippen molar-refractivity contribution in [3.63, 3.8) is 0 Å². The van der Waals surface area contributed by atoms with E-state index in [1.807, 2.05) is 0 Å². The Morgan fingerprint density at radius 1 is 1.19 bits per heavy atom. The van der Waals surface area contributed by atoms with Gasteiger partial charge in [-0.1, -0.05) is 23.7 Å². The van der Waals surface area contributed by atoms with Crippen LogP contribution in [0.15, 0.2) is 35.3 Å². The Kier molecular flexibility index (Phi) is 5.26. The maximum Gasteiger partial charge on any atom is 0.573 e. The second-order valence-electron chi connectivity index (χ2n) is 5.82. The summed E-state index contributed by atoms with van der Waals surface area (Å²) in [6.07, 6.45) is -3.46. The number of ether oxygens (including phenoxy) is 1. The van der Waals surface area contributed by atoms with E-state index in [0.717, 1.165) is 0 Å². The number of nitrogens with zero attached hydrogens (tertiary/aromatic N) is 3. The van der Waals surface area contributed by atoms with Crippen LogP contribution in [0.1, 0.15) is 5.56 Å². The molecule has 1 aromatic heterocycles. The standard InChI is InChI=1S/C16H14ClF3N4O3/c17-12-7-21-22-15(26)14(12)24-6-5-23(13(25)9-24)8-10-1-3-11(4-2-10)27-16(18,19)20/h1-4,7H,5-6,8-9H2,(H,22,26). The molecule has 2 heterocycles. The molecule has 1 aromatic carbocycles. The van der Waals surface area contributed by atoms with Crippen LogP contribution in [0.25, 0.3) is 0 Å². The lowest BCUT2D eigenvalue weighted by Gasteiger charge is -2.35. The third-order valence-corrected chi connectivity index (χ3v) is 4.23. The highest BCUT2D eigenvalue weighted by molar-refractivity contribution is 6.33. The number of benzene rings is 1. The zero-order valence-corrected chi connectivity index (χ0v) is 14.5. The Hall–Kier alpha value is -2.75.